The first-order valence-corrected chi connectivity index (χ1v) is 12.0. The van der Waals surface area contributed by atoms with Gasteiger partial charge >= 0.3 is 6.18 Å². The van der Waals surface area contributed by atoms with Crippen LogP contribution in [0.2, 0.25) is 0 Å². The largest absolute Gasteiger partial charge is 0.393 e. The number of unbranched alkanes of at least 4 members (excludes halogenated alkanes) is 1. The zero-order chi connectivity index (χ0) is 27.3. The molecule has 0 N–H and O–H groups in total. The van der Waals surface area contributed by atoms with E-state index in [0.717, 1.165) is 24.8 Å². The number of alkyl halides is 3. The first-order valence-electron chi connectivity index (χ1n) is 12.0. The molecule has 0 aliphatic heterocycles. The molecule has 0 aliphatic carbocycles. The molecule has 0 amide bonds. The van der Waals surface area contributed by atoms with Crippen LogP contribution in [0.4, 0.5) is 26.3 Å². The van der Waals surface area contributed by atoms with Crippen LogP contribution in [0.25, 0.3) is 10.8 Å². The van der Waals surface area contributed by atoms with Gasteiger partial charge in [-0.3, -0.25) is 0 Å². The van der Waals surface area contributed by atoms with Crippen LogP contribution in [0, 0.1) is 41.1 Å². The molecular formula is C32H22F6. The molecule has 0 saturated heterocycles. The summed E-state index contributed by atoms with van der Waals surface area (Å²) in [4.78, 5) is 0. The molecule has 0 saturated carbocycles. The molecule has 0 spiro atoms. The Hall–Kier alpha value is -4.16. The van der Waals surface area contributed by atoms with Crippen LogP contribution >= 0.6 is 0 Å². The van der Waals surface area contributed by atoms with Gasteiger partial charge in [0.15, 0.2) is 0 Å². The van der Waals surface area contributed by atoms with Crippen molar-refractivity contribution in [3.05, 3.63) is 118 Å². The van der Waals surface area contributed by atoms with Crippen LogP contribution in [0.15, 0.2) is 66.7 Å². The molecule has 4 aromatic carbocycles. The molecule has 0 fully saturated rings. The van der Waals surface area contributed by atoms with Crippen LogP contribution in [-0.4, -0.2) is 6.18 Å². The SMILES string of the molecule is CCCCc1ccc(C#Cc2ccc3c(F)c(C#Cc4cc(F)c(CC(F)(F)F)c(F)c4)ccc3c2)cc1. The second-order valence-electron chi connectivity index (χ2n) is 8.87. The Balaban J connectivity index is 1.55. The normalized spacial score (nSPS) is 11.0. The number of hydrogen-bond acceptors (Lipinski definition) is 0. The quantitative estimate of drug-likeness (QED) is 0.187. The Kier molecular flexibility index (Phi) is 8.13. The number of hydrogen-bond donors (Lipinski definition) is 0. The maximum atomic E-state index is 15.1. The predicted molar refractivity (Wildman–Crippen MR) is 137 cm³/mol. The van der Waals surface area contributed by atoms with Crippen molar-refractivity contribution in [2.75, 3.05) is 0 Å². The molecule has 192 valence electrons. The topological polar surface area (TPSA) is 0 Å². The summed E-state index contributed by atoms with van der Waals surface area (Å²) >= 11 is 0. The number of aryl methyl sites for hydroxylation is 1. The van der Waals surface area contributed by atoms with Crippen LogP contribution in [0.1, 0.15) is 53.1 Å². The summed E-state index contributed by atoms with van der Waals surface area (Å²) in [6, 6.07) is 17.6. The predicted octanol–water partition coefficient (Wildman–Crippen LogP) is 8.50. The number of halogens is 6. The van der Waals surface area contributed by atoms with Crippen LogP contribution < -0.4 is 0 Å². The fraction of sp³-hybridized carbons (Fsp3) is 0.188. The molecule has 4 aromatic rings. The smallest absolute Gasteiger partial charge is 0.207 e. The summed E-state index contributed by atoms with van der Waals surface area (Å²) < 4.78 is 80.7. The summed E-state index contributed by atoms with van der Waals surface area (Å²) in [7, 11) is 0. The van der Waals surface area contributed by atoms with Crippen LogP contribution in [0.3, 0.4) is 0 Å². The zero-order valence-corrected chi connectivity index (χ0v) is 20.4. The van der Waals surface area contributed by atoms with Gasteiger partial charge < -0.3 is 0 Å². The minimum atomic E-state index is -4.76. The average Bonchev–Trinajstić information content (AvgIpc) is 2.88. The molecule has 4 rings (SSSR count). The highest BCUT2D eigenvalue weighted by atomic mass is 19.4. The van der Waals surface area contributed by atoms with Crippen LogP contribution in [0.5, 0.6) is 0 Å². The number of fused-ring (bicyclic) bond motifs is 1. The maximum absolute atomic E-state index is 15.1. The molecule has 0 bridgehead atoms. The molecule has 0 radical (unpaired) electrons. The van der Waals surface area contributed by atoms with Crippen LogP contribution in [-0.2, 0) is 12.8 Å². The van der Waals surface area contributed by atoms with E-state index in [0.29, 0.717) is 28.5 Å². The van der Waals surface area contributed by atoms with E-state index in [2.05, 4.69) is 42.7 Å². The van der Waals surface area contributed by atoms with Gasteiger partial charge in [0, 0.05) is 27.6 Å². The molecule has 0 aliphatic rings. The van der Waals surface area contributed by atoms with Gasteiger partial charge in [-0.15, -0.1) is 0 Å². The summed E-state index contributed by atoms with van der Waals surface area (Å²) in [5.41, 5.74) is 1.56. The highest BCUT2D eigenvalue weighted by Crippen LogP contribution is 2.26. The highest BCUT2D eigenvalue weighted by molar-refractivity contribution is 5.86. The lowest BCUT2D eigenvalue weighted by Crippen LogP contribution is -2.14. The molecule has 0 aromatic heterocycles. The lowest BCUT2D eigenvalue weighted by atomic mass is 10.0. The standard InChI is InChI=1S/C32H22F6/c1-2-3-4-21-5-7-22(8-6-21)9-10-23-12-16-27-26(17-23)15-14-25(31(27)35)13-11-24-18-29(33)28(30(34)19-24)20-32(36,37)38/h5-8,12,14-19H,2-4,20H2,1H3. The van der Waals surface area contributed by atoms with E-state index in [9.17, 15) is 22.0 Å². The Bertz CT molecular complexity index is 1570. The molecule has 0 nitrogen and oxygen atoms in total. The van der Waals surface area contributed by atoms with E-state index in [1.165, 1.54) is 11.6 Å². The third kappa shape index (κ3) is 6.78. The highest BCUT2D eigenvalue weighted by Gasteiger charge is 2.31. The number of benzene rings is 4. The van der Waals surface area contributed by atoms with Crippen molar-refractivity contribution >= 4 is 10.8 Å². The average molecular weight is 521 g/mol. The second-order valence-corrected chi connectivity index (χ2v) is 8.87. The molecule has 0 atom stereocenters. The van der Waals surface area contributed by atoms with E-state index in [-0.39, 0.29) is 11.1 Å². The minimum absolute atomic E-state index is 0.0142. The second kappa shape index (κ2) is 11.5. The van der Waals surface area contributed by atoms with Gasteiger partial charge in [0.05, 0.1) is 12.0 Å². The van der Waals surface area contributed by atoms with Gasteiger partial charge in [0.2, 0.25) is 0 Å². The van der Waals surface area contributed by atoms with Crippen molar-refractivity contribution in [1.82, 2.24) is 0 Å². The van der Waals surface area contributed by atoms with Gasteiger partial charge in [0.1, 0.15) is 17.5 Å². The van der Waals surface area contributed by atoms with E-state index < -0.39 is 35.6 Å². The monoisotopic (exact) mass is 520 g/mol. The minimum Gasteiger partial charge on any atom is -0.207 e. The summed E-state index contributed by atoms with van der Waals surface area (Å²) in [5.74, 6) is 7.81. The van der Waals surface area contributed by atoms with Crippen molar-refractivity contribution in [2.45, 2.75) is 38.8 Å². The Morgan fingerprint density at radius 3 is 1.97 bits per heavy atom. The first-order chi connectivity index (χ1) is 18.1. The Morgan fingerprint density at radius 1 is 0.684 bits per heavy atom. The van der Waals surface area contributed by atoms with Gasteiger partial charge in [0.25, 0.3) is 0 Å². The van der Waals surface area contributed by atoms with Crippen molar-refractivity contribution < 1.29 is 26.3 Å². The zero-order valence-electron chi connectivity index (χ0n) is 20.4. The van der Waals surface area contributed by atoms with Crippen molar-refractivity contribution in [3.8, 4) is 23.7 Å². The summed E-state index contributed by atoms with van der Waals surface area (Å²) in [5, 5.41) is 0.892. The maximum Gasteiger partial charge on any atom is 0.393 e. The molecule has 6 heteroatoms. The Morgan fingerprint density at radius 2 is 1.32 bits per heavy atom. The van der Waals surface area contributed by atoms with Crippen molar-refractivity contribution in [3.63, 3.8) is 0 Å². The van der Waals surface area contributed by atoms with Gasteiger partial charge in [-0.2, -0.15) is 13.2 Å². The summed E-state index contributed by atoms with van der Waals surface area (Å²) in [6.45, 7) is 2.15. The lowest BCUT2D eigenvalue weighted by Gasteiger charge is -2.08. The van der Waals surface area contributed by atoms with Crippen molar-refractivity contribution in [1.29, 1.82) is 0 Å². The van der Waals surface area contributed by atoms with E-state index in [1.54, 1.807) is 24.3 Å². The van der Waals surface area contributed by atoms with E-state index in [1.807, 2.05) is 12.1 Å². The van der Waals surface area contributed by atoms with E-state index in [4.69, 9.17) is 0 Å². The molecule has 0 heterocycles. The van der Waals surface area contributed by atoms with Gasteiger partial charge in [-0.05, 0) is 66.3 Å². The Labute approximate surface area is 217 Å². The third-order valence-electron chi connectivity index (χ3n) is 5.94. The molecule has 0 unspecified atom stereocenters. The summed E-state index contributed by atoms with van der Waals surface area (Å²) in [6.07, 6.45) is -3.17. The first kappa shape index (κ1) is 26.9. The molecule has 38 heavy (non-hydrogen) atoms. The van der Waals surface area contributed by atoms with Crippen molar-refractivity contribution in [2.24, 2.45) is 0 Å². The lowest BCUT2D eigenvalue weighted by molar-refractivity contribution is -0.128. The van der Waals surface area contributed by atoms with Gasteiger partial charge in [-0.25, -0.2) is 13.2 Å². The fourth-order valence-electron chi connectivity index (χ4n) is 3.93. The van der Waals surface area contributed by atoms with E-state index >= 15 is 4.39 Å². The fourth-order valence-corrected chi connectivity index (χ4v) is 3.93. The number of rotatable bonds is 4. The van der Waals surface area contributed by atoms with Gasteiger partial charge in [-0.1, -0.05) is 61.3 Å². The third-order valence-corrected chi connectivity index (χ3v) is 5.94. The molecular weight excluding hydrogens is 498 g/mol.